The average molecular weight is 361 g/mol. The summed E-state index contributed by atoms with van der Waals surface area (Å²) < 4.78 is 5.92. The molecule has 0 fully saturated rings. The number of nitrogens with zero attached hydrogens (tertiary/aromatic N) is 1. The molecule has 3 aromatic rings. The number of carbonyl (C=O) groups is 1. The minimum atomic E-state index is -0.397. The highest BCUT2D eigenvalue weighted by Gasteiger charge is 2.07. The van der Waals surface area contributed by atoms with Crippen molar-refractivity contribution in [3.05, 3.63) is 72.3 Å². The van der Waals surface area contributed by atoms with Crippen molar-refractivity contribution in [1.82, 2.24) is 5.43 Å². The van der Waals surface area contributed by atoms with Gasteiger partial charge in [-0.3, -0.25) is 0 Å². The number of rotatable bonds is 7. The molecule has 0 atom stereocenters. The molecule has 138 valence electrons. The number of hydrazone groups is 1. The Morgan fingerprint density at radius 1 is 1.04 bits per heavy atom. The molecule has 5 nitrogen and oxygen atoms in total. The molecule has 5 heteroatoms. The first-order valence-electron chi connectivity index (χ1n) is 9.07. The van der Waals surface area contributed by atoms with E-state index in [1.807, 2.05) is 66.7 Å². The van der Waals surface area contributed by atoms with Gasteiger partial charge in [0.1, 0.15) is 5.75 Å². The van der Waals surface area contributed by atoms with Crippen LogP contribution in [0, 0.1) is 0 Å². The fourth-order valence-electron chi connectivity index (χ4n) is 2.70. The maximum Gasteiger partial charge on any atom is 0.339 e. The normalized spacial score (nSPS) is 10.9. The number of carbonyl (C=O) groups excluding carboxylic acids is 1. The number of para-hydroxylation sites is 1. The van der Waals surface area contributed by atoms with Gasteiger partial charge in [0, 0.05) is 11.3 Å². The Bertz CT molecular complexity index is 923. The predicted molar refractivity (Wildman–Crippen MR) is 111 cm³/mol. The van der Waals surface area contributed by atoms with E-state index in [0.29, 0.717) is 12.3 Å². The SMILES string of the molecule is CCCCOc1ccc2ccccc2c1/C=N/NC(=O)Nc1ccccc1. The molecule has 2 N–H and O–H groups in total. The lowest BCUT2D eigenvalue weighted by atomic mass is 10.0. The van der Waals surface area contributed by atoms with E-state index >= 15 is 0 Å². The van der Waals surface area contributed by atoms with Crippen molar-refractivity contribution in [2.24, 2.45) is 5.10 Å². The van der Waals surface area contributed by atoms with E-state index in [9.17, 15) is 4.79 Å². The van der Waals surface area contributed by atoms with Crippen LogP contribution in [-0.4, -0.2) is 18.9 Å². The number of benzene rings is 3. The van der Waals surface area contributed by atoms with Gasteiger partial charge in [-0.25, -0.2) is 10.2 Å². The van der Waals surface area contributed by atoms with Crippen LogP contribution in [0.15, 0.2) is 71.8 Å². The lowest BCUT2D eigenvalue weighted by Crippen LogP contribution is -2.24. The molecular formula is C22H23N3O2. The number of nitrogens with one attached hydrogen (secondary N) is 2. The molecular weight excluding hydrogens is 338 g/mol. The third kappa shape index (κ3) is 5.07. The van der Waals surface area contributed by atoms with Crippen molar-refractivity contribution in [3.8, 4) is 5.75 Å². The summed E-state index contributed by atoms with van der Waals surface area (Å²) >= 11 is 0. The zero-order valence-corrected chi connectivity index (χ0v) is 15.3. The van der Waals surface area contributed by atoms with E-state index in [1.165, 1.54) is 0 Å². The van der Waals surface area contributed by atoms with Crippen LogP contribution in [0.5, 0.6) is 5.75 Å². The number of fused-ring (bicyclic) bond motifs is 1. The maximum atomic E-state index is 12.0. The lowest BCUT2D eigenvalue weighted by molar-refractivity contribution is 0.252. The smallest absolute Gasteiger partial charge is 0.339 e. The molecule has 3 rings (SSSR count). The van der Waals surface area contributed by atoms with Crippen LogP contribution < -0.4 is 15.5 Å². The minimum absolute atomic E-state index is 0.397. The molecule has 0 saturated heterocycles. The van der Waals surface area contributed by atoms with Gasteiger partial charge in [0.05, 0.1) is 12.8 Å². The van der Waals surface area contributed by atoms with Crippen LogP contribution in [0.3, 0.4) is 0 Å². The third-order valence-electron chi connectivity index (χ3n) is 4.08. The molecule has 0 radical (unpaired) electrons. The molecule has 27 heavy (non-hydrogen) atoms. The largest absolute Gasteiger partial charge is 0.493 e. The summed E-state index contributed by atoms with van der Waals surface area (Å²) in [7, 11) is 0. The fraction of sp³-hybridized carbons (Fsp3) is 0.182. The highest BCUT2D eigenvalue weighted by Crippen LogP contribution is 2.26. The van der Waals surface area contributed by atoms with Gasteiger partial charge in [-0.05, 0) is 35.4 Å². The molecule has 2 amide bonds. The Balaban J connectivity index is 1.76. The topological polar surface area (TPSA) is 62.7 Å². The molecule has 0 aromatic heterocycles. The van der Waals surface area contributed by atoms with E-state index in [2.05, 4.69) is 22.8 Å². The third-order valence-corrected chi connectivity index (χ3v) is 4.08. The molecule has 0 unspecified atom stereocenters. The van der Waals surface area contributed by atoms with E-state index in [-0.39, 0.29) is 0 Å². The Morgan fingerprint density at radius 2 is 1.81 bits per heavy atom. The van der Waals surface area contributed by atoms with E-state index in [1.54, 1.807) is 6.21 Å². The minimum Gasteiger partial charge on any atom is -0.493 e. The van der Waals surface area contributed by atoms with Crippen LogP contribution in [0.25, 0.3) is 10.8 Å². The summed E-state index contributed by atoms with van der Waals surface area (Å²) in [6.45, 7) is 2.78. The van der Waals surface area contributed by atoms with Crippen LogP contribution in [0.4, 0.5) is 10.5 Å². The molecule has 0 saturated carbocycles. The standard InChI is InChI=1S/C22H23N3O2/c1-2-3-15-27-21-14-13-17-9-7-8-12-19(17)20(21)16-23-25-22(26)24-18-10-5-4-6-11-18/h4-14,16H,2-3,15H2,1H3,(H2,24,25,26)/b23-16+. The lowest BCUT2D eigenvalue weighted by Gasteiger charge is -2.11. The van der Waals surface area contributed by atoms with Crippen molar-refractivity contribution in [2.45, 2.75) is 19.8 Å². The monoisotopic (exact) mass is 361 g/mol. The fourth-order valence-corrected chi connectivity index (χ4v) is 2.70. The number of hydrogen-bond donors (Lipinski definition) is 2. The molecule has 0 aliphatic heterocycles. The van der Waals surface area contributed by atoms with Gasteiger partial charge in [-0.2, -0.15) is 5.10 Å². The summed E-state index contributed by atoms with van der Waals surface area (Å²) in [5, 5.41) is 8.96. The number of anilines is 1. The number of unbranched alkanes of at least 4 members (excludes halogenated alkanes) is 1. The van der Waals surface area contributed by atoms with Gasteiger partial charge >= 0.3 is 6.03 Å². The molecule has 0 spiro atoms. The Hall–Kier alpha value is -3.34. The van der Waals surface area contributed by atoms with E-state index < -0.39 is 6.03 Å². The average Bonchev–Trinajstić information content (AvgIpc) is 2.70. The second-order valence-corrected chi connectivity index (χ2v) is 6.09. The predicted octanol–water partition coefficient (Wildman–Crippen LogP) is 5.17. The zero-order valence-electron chi connectivity index (χ0n) is 15.3. The Kier molecular flexibility index (Phi) is 6.41. The molecule has 0 aliphatic rings. The van der Waals surface area contributed by atoms with Gasteiger partial charge in [0.25, 0.3) is 0 Å². The van der Waals surface area contributed by atoms with Gasteiger partial charge < -0.3 is 10.1 Å². The summed E-state index contributed by atoms with van der Waals surface area (Å²) in [5.41, 5.74) is 4.06. The molecule has 0 aliphatic carbocycles. The van der Waals surface area contributed by atoms with E-state index in [4.69, 9.17) is 4.74 Å². The highest BCUT2D eigenvalue weighted by molar-refractivity contribution is 6.03. The van der Waals surface area contributed by atoms with Gasteiger partial charge in [0.2, 0.25) is 0 Å². The van der Waals surface area contributed by atoms with Crippen molar-refractivity contribution >= 4 is 28.7 Å². The van der Waals surface area contributed by atoms with Crippen molar-refractivity contribution in [1.29, 1.82) is 0 Å². The van der Waals surface area contributed by atoms with Crippen molar-refractivity contribution < 1.29 is 9.53 Å². The second kappa shape index (κ2) is 9.38. The second-order valence-electron chi connectivity index (χ2n) is 6.09. The Labute approximate surface area is 159 Å². The number of ether oxygens (including phenoxy) is 1. The quantitative estimate of drug-likeness (QED) is 0.346. The van der Waals surface area contributed by atoms with Crippen LogP contribution in [0.2, 0.25) is 0 Å². The van der Waals surface area contributed by atoms with Gasteiger partial charge in [-0.15, -0.1) is 0 Å². The first kappa shape index (κ1) is 18.5. The molecule has 0 bridgehead atoms. The Morgan fingerprint density at radius 3 is 2.63 bits per heavy atom. The zero-order chi connectivity index (χ0) is 18.9. The maximum absolute atomic E-state index is 12.0. The van der Waals surface area contributed by atoms with Crippen LogP contribution in [0.1, 0.15) is 25.3 Å². The summed E-state index contributed by atoms with van der Waals surface area (Å²) in [6.07, 6.45) is 3.69. The van der Waals surface area contributed by atoms with Crippen molar-refractivity contribution in [3.63, 3.8) is 0 Å². The number of hydrogen-bond acceptors (Lipinski definition) is 3. The van der Waals surface area contributed by atoms with Crippen LogP contribution >= 0.6 is 0 Å². The summed E-state index contributed by atoms with van der Waals surface area (Å²) in [6, 6.07) is 20.8. The number of urea groups is 1. The van der Waals surface area contributed by atoms with E-state index in [0.717, 1.165) is 34.9 Å². The number of amides is 2. The summed E-state index contributed by atoms with van der Waals surface area (Å²) in [5.74, 6) is 0.760. The molecule has 3 aromatic carbocycles. The first-order valence-corrected chi connectivity index (χ1v) is 9.07. The summed E-state index contributed by atoms with van der Waals surface area (Å²) in [4.78, 5) is 12.0. The van der Waals surface area contributed by atoms with Gasteiger partial charge in [-0.1, -0.05) is 61.9 Å². The van der Waals surface area contributed by atoms with Gasteiger partial charge in [0.15, 0.2) is 0 Å². The van der Waals surface area contributed by atoms with Crippen molar-refractivity contribution in [2.75, 3.05) is 11.9 Å². The van der Waals surface area contributed by atoms with Crippen LogP contribution in [-0.2, 0) is 0 Å². The molecule has 0 heterocycles. The highest BCUT2D eigenvalue weighted by atomic mass is 16.5. The first-order chi connectivity index (χ1) is 13.3.